The molecule has 5 heteroatoms. The minimum atomic E-state index is -0.570. The molecule has 0 aromatic heterocycles. The number of hydrogen-bond donors (Lipinski definition) is 1. The largest absolute Gasteiger partial charge is 0.497 e. The number of nitrogens with one attached hydrogen (secondary N) is 1. The maximum Gasteiger partial charge on any atom is 0.318 e. The van der Waals surface area contributed by atoms with Gasteiger partial charge in [0.1, 0.15) is 11.7 Å². The Kier molecular flexibility index (Phi) is 7.61. The Morgan fingerprint density at radius 3 is 1.93 bits per heavy atom. The lowest BCUT2D eigenvalue weighted by molar-refractivity contribution is -0.149. The number of esters is 1. The number of ether oxygens (including phenoxy) is 2. The molecule has 0 heterocycles. The van der Waals surface area contributed by atoms with Crippen LogP contribution in [-0.4, -0.2) is 32.1 Å². The zero-order chi connectivity index (χ0) is 21.2. The number of carbonyl (C=O) groups is 2. The summed E-state index contributed by atoms with van der Waals surface area (Å²) in [6, 6.07) is 26.5. The molecule has 3 aromatic carbocycles. The van der Waals surface area contributed by atoms with Gasteiger partial charge in [-0.25, -0.2) is 0 Å². The van der Waals surface area contributed by atoms with Crippen LogP contribution < -0.4 is 10.1 Å². The van der Waals surface area contributed by atoms with Crippen molar-refractivity contribution in [2.45, 2.75) is 12.3 Å². The quantitative estimate of drug-likeness (QED) is 0.553. The van der Waals surface area contributed by atoms with Gasteiger partial charge >= 0.3 is 5.97 Å². The molecule has 0 radical (unpaired) electrons. The summed E-state index contributed by atoms with van der Waals surface area (Å²) < 4.78 is 10.5. The van der Waals surface area contributed by atoms with E-state index >= 15 is 0 Å². The minimum Gasteiger partial charge on any atom is -0.497 e. The Morgan fingerprint density at radius 1 is 0.833 bits per heavy atom. The third-order valence-electron chi connectivity index (χ3n) is 4.74. The summed E-state index contributed by atoms with van der Waals surface area (Å²) in [7, 11) is 1.62. The molecule has 0 bridgehead atoms. The van der Waals surface area contributed by atoms with Gasteiger partial charge in [-0.1, -0.05) is 72.8 Å². The summed E-state index contributed by atoms with van der Waals surface area (Å²) in [4.78, 5) is 24.9. The fourth-order valence-electron chi connectivity index (χ4n) is 3.17. The first-order valence-corrected chi connectivity index (χ1v) is 9.83. The predicted molar refractivity (Wildman–Crippen MR) is 115 cm³/mol. The third kappa shape index (κ3) is 5.95. The van der Waals surface area contributed by atoms with Crippen LogP contribution in [0.5, 0.6) is 5.75 Å². The van der Waals surface area contributed by atoms with Crippen LogP contribution >= 0.6 is 0 Å². The molecule has 0 aliphatic heterocycles. The van der Waals surface area contributed by atoms with Crippen LogP contribution in [0.3, 0.4) is 0 Å². The molecule has 0 aliphatic carbocycles. The lowest BCUT2D eigenvalue weighted by Crippen LogP contribution is -2.31. The van der Waals surface area contributed by atoms with E-state index < -0.39 is 11.9 Å². The van der Waals surface area contributed by atoms with Gasteiger partial charge in [0.25, 0.3) is 5.91 Å². The Hall–Kier alpha value is -3.60. The fourth-order valence-corrected chi connectivity index (χ4v) is 3.17. The first-order valence-electron chi connectivity index (χ1n) is 9.83. The molecule has 1 amide bonds. The van der Waals surface area contributed by atoms with Crippen molar-refractivity contribution in [2.75, 3.05) is 20.3 Å². The van der Waals surface area contributed by atoms with E-state index in [4.69, 9.17) is 9.47 Å². The van der Waals surface area contributed by atoms with Crippen molar-refractivity contribution >= 4 is 11.9 Å². The molecule has 30 heavy (non-hydrogen) atoms. The number of benzene rings is 3. The second kappa shape index (κ2) is 10.8. The zero-order valence-corrected chi connectivity index (χ0v) is 16.9. The van der Waals surface area contributed by atoms with Crippen LogP contribution in [0, 0.1) is 0 Å². The molecule has 0 unspecified atom stereocenters. The fraction of sp³-hybridized carbons (Fsp3) is 0.200. The molecular formula is C25H25NO4. The molecule has 0 fully saturated rings. The topological polar surface area (TPSA) is 64.6 Å². The summed E-state index contributed by atoms with van der Waals surface area (Å²) >= 11 is 0. The van der Waals surface area contributed by atoms with E-state index in [1.807, 2.05) is 84.9 Å². The van der Waals surface area contributed by atoms with Gasteiger partial charge in [-0.15, -0.1) is 0 Å². The normalized spacial score (nSPS) is 10.5. The summed E-state index contributed by atoms with van der Waals surface area (Å²) in [5, 5.41) is 2.79. The highest BCUT2D eigenvalue weighted by atomic mass is 16.5. The second-order valence-corrected chi connectivity index (χ2v) is 6.81. The van der Waals surface area contributed by atoms with Gasteiger partial charge in [-0.05, 0) is 35.2 Å². The van der Waals surface area contributed by atoms with Gasteiger partial charge in [-0.3, -0.25) is 9.59 Å². The van der Waals surface area contributed by atoms with Gasteiger partial charge in [-0.2, -0.15) is 0 Å². The van der Waals surface area contributed by atoms with Crippen LogP contribution in [0.2, 0.25) is 0 Å². The van der Waals surface area contributed by atoms with Crippen LogP contribution in [0.25, 0.3) is 0 Å². The van der Waals surface area contributed by atoms with Crippen LogP contribution in [0.1, 0.15) is 22.6 Å². The SMILES string of the molecule is COc1ccc(CCNC(=O)COC(=O)C(c2ccccc2)c2ccccc2)cc1. The standard InChI is InChI=1S/C25H25NO4/c1-29-22-14-12-19(13-15-22)16-17-26-23(27)18-30-25(28)24(20-8-4-2-5-9-20)21-10-6-3-7-11-21/h2-15,24H,16-18H2,1H3,(H,26,27). The monoisotopic (exact) mass is 403 g/mol. The van der Waals surface area contributed by atoms with E-state index in [0.29, 0.717) is 13.0 Å². The van der Waals surface area contributed by atoms with E-state index in [2.05, 4.69) is 5.32 Å². The van der Waals surface area contributed by atoms with Gasteiger partial charge in [0, 0.05) is 6.54 Å². The highest BCUT2D eigenvalue weighted by molar-refractivity contribution is 5.85. The van der Waals surface area contributed by atoms with Crippen molar-refractivity contribution < 1.29 is 19.1 Å². The van der Waals surface area contributed by atoms with E-state index in [9.17, 15) is 9.59 Å². The van der Waals surface area contributed by atoms with E-state index in [1.54, 1.807) is 7.11 Å². The van der Waals surface area contributed by atoms with E-state index in [0.717, 1.165) is 22.4 Å². The van der Waals surface area contributed by atoms with Crippen LogP contribution in [0.4, 0.5) is 0 Å². The van der Waals surface area contributed by atoms with E-state index in [1.165, 1.54) is 0 Å². The zero-order valence-electron chi connectivity index (χ0n) is 16.9. The van der Waals surface area contributed by atoms with E-state index in [-0.39, 0.29) is 12.5 Å². The molecule has 0 aliphatic rings. The molecule has 154 valence electrons. The lowest BCUT2D eigenvalue weighted by Gasteiger charge is -2.17. The Bertz CT molecular complexity index is 900. The molecule has 0 atom stereocenters. The van der Waals surface area contributed by atoms with Crippen molar-refractivity contribution in [3.63, 3.8) is 0 Å². The first kappa shape index (κ1) is 21.1. The van der Waals surface area contributed by atoms with Crippen molar-refractivity contribution in [3.05, 3.63) is 102 Å². The van der Waals surface area contributed by atoms with Crippen molar-refractivity contribution in [1.82, 2.24) is 5.32 Å². The first-order chi connectivity index (χ1) is 14.7. The van der Waals surface area contributed by atoms with Crippen molar-refractivity contribution in [2.24, 2.45) is 0 Å². The highest BCUT2D eigenvalue weighted by Gasteiger charge is 2.24. The third-order valence-corrected chi connectivity index (χ3v) is 4.74. The van der Waals surface area contributed by atoms with Crippen molar-refractivity contribution in [1.29, 1.82) is 0 Å². The molecule has 3 rings (SSSR count). The second-order valence-electron chi connectivity index (χ2n) is 6.81. The highest BCUT2D eigenvalue weighted by Crippen LogP contribution is 2.25. The number of rotatable bonds is 9. The minimum absolute atomic E-state index is 0.308. The molecular weight excluding hydrogens is 378 g/mol. The number of hydrogen-bond acceptors (Lipinski definition) is 4. The Balaban J connectivity index is 1.52. The molecule has 3 aromatic rings. The molecule has 1 N–H and O–H groups in total. The Morgan fingerprint density at radius 2 is 1.40 bits per heavy atom. The van der Waals surface area contributed by atoms with Gasteiger partial charge in [0.05, 0.1) is 7.11 Å². The molecule has 5 nitrogen and oxygen atoms in total. The average Bonchev–Trinajstić information content (AvgIpc) is 2.80. The van der Waals surface area contributed by atoms with Gasteiger partial charge in [0.15, 0.2) is 6.61 Å². The number of carbonyl (C=O) groups excluding carboxylic acids is 2. The van der Waals surface area contributed by atoms with Crippen LogP contribution in [-0.2, 0) is 20.7 Å². The number of methoxy groups -OCH3 is 1. The molecule has 0 saturated carbocycles. The molecule has 0 spiro atoms. The van der Waals surface area contributed by atoms with Gasteiger partial charge in [0.2, 0.25) is 0 Å². The molecule has 0 saturated heterocycles. The van der Waals surface area contributed by atoms with Crippen LogP contribution in [0.15, 0.2) is 84.9 Å². The summed E-state index contributed by atoms with van der Waals surface area (Å²) in [6.45, 7) is 0.154. The smallest absolute Gasteiger partial charge is 0.318 e. The summed E-state index contributed by atoms with van der Waals surface area (Å²) in [5.41, 5.74) is 2.74. The maximum atomic E-state index is 12.8. The Labute approximate surface area is 176 Å². The maximum absolute atomic E-state index is 12.8. The average molecular weight is 403 g/mol. The summed E-state index contributed by atoms with van der Waals surface area (Å²) in [5.74, 6) is -0.546. The predicted octanol–water partition coefficient (Wildman–Crippen LogP) is 3.73. The number of amides is 1. The summed E-state index contributed by atoms with van der Waals surface area (Å²) in [6.07, 6.45) is 0.681. The van der Waals surface area contributed by atoms with Gasteiger partial charge < -0.3 is 14.8 Å². The lowest BCUT2D eigenvalue weighted by atomic mass is 9.91. The van der Waals surface area contributed by atoms with Crippen molar-refractivity contribution in [3.8, 4) is 5.75 Å².